The third-order valence-corrected chi connectivity index (χ3v) is 6.53. The van der Waals surface area contributed by atoms with E-state index in [0.29, 0.717) is 24.2 Å². The molecule has 0 unspecified atom stereocenters. The van der Waals surface area contributed by atoms with Gasteiger partial charge < -0.3 is 4.74 Å². The van der Waals surface area contributed by atoms with Crippen LogP contribution in [0.1, 0.15) is 30.1 Å². The van der Waals surface area contributed by atoms with Crippen molar-refractivity contribution in [3.8, 4) is 5.75 Å². The van der Waals surface area contributed by atoms with Crippen LogP contribution in [0.5, 0.6) is 5.75 Å². The number of benzene rings is 2. The van der Waals surface area contributed by atoms with Gasteiger partial charge in [0.05, 0.1) is 10.8 Å². The zero-order chi connectivity index (χ0) is 20.3. The van der Waals surface area contributed by atoms with Crippen molar-refractivity contribution in [2.24, 2.45) is 5.92 Å². The summed E-state index contributed by atoms with van der Waals surface area (Å²) < 4.78 is 45.1. The van der Waals surface area contributed by atoms with Crippen LogP contribution in [0.2, 0.25) is 0 Å². The number of Topliss-reactive ketones (excluding diaryl/α,β-unsaturated/α-hetero) is 1. The summed E-state index contributed by atoms with van der Waals surface area (Å²) in [7, 11) is -3.81. The lowest BCUT2D eigenvalue weighted by atomic mass is 10.00. The Morgan fingerprint density at radius 3 is 2.32 bits per heavy atom. The molecule has 1 saturated heterocycles. The van der Waals surface area contributed by atoms with Crippen molar-refractivity contribution >= 4 is 21.8 Å². The van der Waals surface area contributed by atoms with Crippen molar-refractivity contribution in [3.05, 3.63) is 59.9 Å². The predicted octanol–water partition coefficient (Wildman–Crippen LogP) is 3.03. The van der Waals surface area contributed by atoms with Crippen molar-refractivity contribution in [3.63, 3.8) is 0 Å². The molecular weight excluding hydrogens is 385 g/mol. The van der Waals surface area contributed by atoms with Crippen molar-refractivity contribution in [1.29, 1.82) is 0 Å². The quantitative estimate of drug-likeness (QED) is 0.434. The maximum atomic E-state index is 13.1. The Labute approximate surface area is 163 Å². The average molecular weight is 405 g/mol. The predicted molar refractivity (Wildman–Crippen MR) is 100.0 cm³/mol. The van der Waals surface area contributed by atoms with Gasteiger partial charge in [0.2, 0.25) is 10.0 Å². The largest absolute Gasteiger partial charge is 0.426 e. The topological polar surface area (TPSA) is 80.8 Å². The summed E-state index contributed by atoms with van der Waals surface area (Å²) in [6.45, 7) is 1.74. The highest BCUT2D eigenvalue weighted by Gasteiger charge is 2.34. The maximum Gasteiger partial charge on any atom is 0.315 e. The fourth-order valence-corrected chi connectivity index (χ4v) is 4.59. The molecule has 0 bridgehead atoms. The Morgan fingerprint density at radius 1 is 1.07 bits per heavy atom. The standard InChI is InChI=1S/C20H20FNO5S/c1-14(23)15-4-8-18(9-5-15)27-20(24)16-3-2-12-22(13-16)28(25,26)19-10-6-17(21)7-11-19/h4-11,16H,2-3,12-13H2,1H3/t16-/m0/s1. The number of carbonyl (C=O) groups excluding carboxylic acids is 2. The number of piperidine rings is 1. The average Bonchev–Trinajstić information content (AvgIpc) is 2.69. The molecule has 1 aliphatic heterocycles. The smallest absolute Gasteiger partial charge is 0.315 e. The van der Waals surface area contributed by atoms with Gasteiger partial charge in [-0.15, -0.1) is 0 Å². The Balaban J connectivity index is 1.69. The molecule has 1 heterocycles. The van der Waals surface area contributed by atoms with Crippen LogP contribution in [0, 0.1) is 11.7 Å². The number of halogens is 1. The first-order valence-electron chi connectivity index (χ1n) is 8.86. The summed E-state index contributed by atoms with van der Waals surface area (Å²) in [6.07, 6.45) is 1.03. The summed E-state index contributed by atoms with van der Waals surface area (Å²) in [5.74, 6) is -1.43. The van der Waals surface area contributed by atoms with Crippen LogP contribution in [0.25, 0.3) is 0 Å². The highest BCUT2D eigenvalue weighted by molar-refractivity contribution is 7.89. The number of sulfonamides is 1. The molecule has 1 atom stereocenters. The minimum Gasteiger partial charge on any atom is -0.426 e. The minimum absolute atomic E-state index is 0.00404. The normalized spacial score (nSPS) is 17.9. The molecule has 3 rings (SSSR count). The van der Waals surface area contributed by atoms with E-state index in [4.69, 9.17) is 4.74 Å². The highest BCUT2D eigenvalue weighted by Crippen LogP contribution is 2.25. The molecule has 0 radical (unpaired) electrons. The summed E-state index contributed by atoms with van der Waals surface area (Å²) in [6, 6.07) is 10.8. The molecule has 0 aliphatic carbocycles. The second kappa shape index (κ2) is 8.20. The third-order valence-electron chi connectivity index (χ3n) is 4.65. The summed E-state index contributed by atoms with van der Waals surface area (Å²) in [5, 5.41) is 0. The minimum atomic E-state index is -3.81. The van der Waals surface area contributed by atoms with Crippen LogP contribution in [-0.2, 0) is 14.8 Å². The van der Waals surface area contributed by atoms with Crippen molar-refractivity contribution in [2.45, 2.75) is 24.7 Å². The van der Waals surface area contributed by atoms with Crippen molar-refractivity contribution in [1.82, 2.24) is 4.31 Å². The first-order chi connectivity index (χ1) is 13.3. The van der Waals surface area contributed by atoms with Gasteiger partial charge in [0, 0.05) is 18.7 Å². The molecule has 8 heteroatoms. The van der Waals surface area contributed by atoms with E-state index >= 15 is 0 Å². The van der Waals surface area contributed by atoms with E-state index in [1.54, 1.807) is 12.1 Å². The van der Waals surface area contributed by atoms with Crippen molar-refractivity contribution in [2.75, 3.05) is 13.1 Å². The molecule has 28 heavy (non-hydrogen) atoms. The Morgan fingerprint density at radius 2 is 1.71 bits per heavy atom. The van der Waals surface area contributed by atoms with Crippen LogP contribution in [0.3, 0.4) is 0 Å². The van der Waals surface area contributed by atoms with Gasteiger partial charge in [0.25, 0.3) is 0 Å². The third kappa shape index (κ3) is 4.45. The number of hydrogen-bond acceptors (Lipinski definition) is 5. The van der Waals surface area contributed by atoms with E-state index < -0.39 is 27.7 Å². The van der Waals surface area contributed by atoms with E-state index in [-0.39, 0.29) is 23.8 Å². The molecule has 0 spiro atoms. The number of hydrogen-bond donors (Lipinski definition) is 0. The molecule has 6 nitrogen and oxygen atoms in total. The molecule has 2 aromatic carbocycles. The first-order valence-corrected chi connectivity index (χ1v) is 10.3. The van der Waals surface area contributed by atoms with Gasteiger partial charge in [-0.25, -0.2) is 12.8 Å². The van der Waals surface area contributed by atoms with Crippen LogP contribution in [-0.4, -0.2) is 37.6 Å². The van der Waals surface area contributed by atoms with Crippen LogP contribution in [0.15, 0.2) is 53.4 Å². The van der Waals surface area contributed by atoms with E-state index in [9.17, 15) is 22.4 Å². The summed E-state index contributed by atoms with van der Waals surface area (Å²) in [4.78, 5) is 23.8. The lowest BCUT2D eigenvalue weighted by molar-refractivity contribution is -0.140. The zero-order valence-corrected chi connectivity index (χ0v) is 16.1. The maximum absolute atomic E-state index is 13.1. The van der Waals surface area contributed by atoms with Gasteiger partial charge in [-0.3, -0.25) is 9.59 Å². The monoisotopic (exact) mass is 405 g/mol. The number of nitrogens with zero attached hydrogens (tertiary/aromatic N) is 1. The second-order valence-corrected chi connectivity index (χ2v) is 8.60. The fraction of sp³-hybridized carbons (Fsp3) is 0.300. The van der Waals surface area contributed by atoms with Crippen LogP contribution < -0.4 is 4.74 Å². The molecular formula is C20H20FNO5S. The summed E-state index contributed by atoms with van der Waals surface area (Å²) >= 11 is 0. The van der Waals surface area contributed by atoms with Crippen molar-refractivity contribution < 1.29 is 27.1 Å². The highest BCUT2D eigenvalue weighted by atomic mass is 32.2. The molecule has 148 valence electrons. The molecule has 0 N–H and O–H groups in total. The number of ketones is 1. The molecule has 1 aliphatic rings. The first kappa shape index (κ1) is 20.2. The fourth-order valence-electron chi connectivity index (χ4n) is 3.07. The van der Waals surface area contributed by atoms with Gasteiger partial charge in [0.15, 0.2) is 5.78 Å². The molecule has 0 amide bonds. The van der Waals surface area contributed by atoms with Crippen LogP contribution in [0.4, 0.5) is 4.39 Å². The van der Waals surface area contributed by atoms with E-state index in [0.717, 1.165) is 12.1 Å². The van der Waals surface area contributed by atoms with Gasteiger partial charge in [0.1, 0.15) is 11.6 Å². The SMILES string of the molecule is CC(=O)c1ccc(OC(=O)[C@H]2CCCN(S(=O)(=O)c3ccc(F)cc3)C2)cc1. The lowest BCUT2D eigenvalue weighted by Crippen LogP contribution is -2.43. The molecule has 0 aromatic heterocycles. The molecule has 0 saturated carbocycles. The number of carbonyl (C=O) groups is 2. The summed E-state index contributed by atoms with van der Waals surface area (Å²) in [5.41, 5.74) is 0.508. The van der Waals surface area contributed by atoms with Gasteiger partial charge in [-0.2, -0.15) is 4.31 Å². The van der Waals surface area contributed by atoms with Gasteiger partial charge in [-0.05, 0) is 68.3 Å². The van der Waals surface area contributed by atoms with Gasteiger partial charge in [-0.1, -0.05) is 0 Å². The Kier molecular flexibility index (Phi) is 5.90. The van der Waals surface area contributed by atoms with E-state index in [2.05, 4.69) is 0 Å². The van der Waals surface area contributed by atoms with E-state index in [1.165, 1.54) is 35.5 Å². The lowest BCUT2D eigenvalue weighted by Gasteiger charge is -2.30. The van der Waals surface area contributed by atoms with E-state index in [1.807, 2.05) is 0 Å². The number of rotatable bonds is 5. The second-order valence-electron chi connectivity index (χ2n) is 6.66. The number of ether oxygens (including phenoxy) is 1. The number of esters is 1. The molecule has 1 fully saturated rings. The molecule has 2 aromatic rings. The zero-order valence-electron chi connectivity index (χ0n) is 15.3. The van der Waals surface area contributed by atoms with Gasteiger partial charge >= 0.3 is 5.97 Å². The Hall–Kier alpha value is -2.58. The van der Waals surface area contributed by atoms with Crippen LogP contribution >= 0.6 is 0 Å². The Bertz CT molecular complexity index is 971.